The predicted molar refractivity (Wildman–Crippen MR) is 101 cm³/mol. The van der Waals surface area contributed by atoms with Gasteiger partial charge in [0.15, 0.2) is 0 Å². The summed E-state index contributed by atoms with van der Waals surface area (Å²) in [7, 11) is 0. The maximum atomic E-state index is 12.2. The largest absolute Gasteiger partial charge is 0.396 e. The van der Waals surface area contributed by atoms with E-state index in [1.165, 1.54) is 0 Å². The summed E-state index contributed by atoms with van der Waals surface area (Å²) < 4.78 is 0. The molecule has 146 valence electrons. The number of Topliss-reactive ketones (excluding diaryl/α,β-unsaturated/α-hetero) is 1. The van der Waals surface area contributed by atoms with Gasteiger partial charge in [-0.2, -0.15) is 0 Å². The molecule has 1 aliphatic carbocycles. The molecular formula is C21H38O4. The van der Waals surface area contributed by atoms with Gasteiger partial charge in [-0.3, -0.25) is 4.79 Å². The average molecular weight is 355 g/mol. The third-order valence-corrected chi connectivity index (χ3v) is 5.39. The first-order valence-corrected chi connectivity index (χ1v) is 10.1. The molecule has 0 spiro atoms. The zero-order valence-electron chi connectivity index (χ0n) is 16.1. The third kappa shape index (κ3) is 8.48. The fourth-order valence-electron chi connectivity index (χ4n) is 3.74. The first-order chi connectivity index (χ1) is 11.9. The zero-order valence-corrected chi connectivity index (χ0v) is 16.1. The van der Waals surface area contributed by atoms with Crippen molar-refractivity contribution in [2.75, 3.05) is 6.61 Å². The molecular weight excluding hydrogens is 316 g/mol. The van der Waals surface area contributed by atoms with Gasteiger partial charge in [-0.05, 0) is 32.6 Å². The molecule has 0 aromatic carbocycles. The molecule has 0 aliphatic heterocycles. The van der Waals surface area contributed by atoms with E-state index in [1.54, 1.807) is 0 Å². The van der Waals surface area contributed by atoms with Gasteiger partial charge in [0.2, 0.25) is 0 Å². The first-order valence-electron chi connectivity index (χ1n) is 10.1. The first kappa shape index (κ1) is 22.3. The summed E-state index contributed by atoms with van der Waals surface area (Å²) in [5.74, 6) is -0.00755. The molecule has 1 rings (SSSR count). The van der Waals surface area contributed by atoms with Gasteiger partial charge in [-0.15, -0.1) is 0 Å². The lowest BCUT2D eigenvalue weighted by molar-refractivity contribution is -0.121. The van der Waals surface area contributed by atoms with E-state index in [0.717, 1.165) is 57.8 Å². The molecule has 1 fully saturated rings. The minimum atomic E-state index is -0.706. The summed E-state index contributed by atoms with van der Waals surface area (Å²) >= 11 is 0. The van der Waals surface area contributed by atoms with Crippen LogP contribution in [0.2, 0.25) is 0 Å². The second-order valence-electron chi connectivity index (χ2n) is 7.93. The summed E-state index contributed by atoms with van der Waals surface area (Å²) in [4.78, 5) is 12.2. The van der Waals surface area contributed by atoms with E-state index >= 15 is 0 Å². The van der Waals surface area contributed by atoms with E-state index in [-0.39, 0.29) is 30.6 Å². The smallest absolute Gasteiger partial charge is 0.139 e. The molecule has 4 atom stereocenters. The fraction of sp³-hybridized carbons (Fsp3) is 0.857. The van der Waals surface area contributed by atoms with Crippen LogP contribution in [-0.4, -0.2) is 39.4 Å². The number of hydrogen-bond donors (Lipinski definition) is 3. The Morgan fingerprint density at radius 2 is 1.84 bits per heavy atom. The average Bonchev–Trinajstić information content (AvgIpc) is 2.82. The van der Waals surface area contributed by atoms with E-state index in [0.29, 0.717) is 6.42 Å². The Morgan fingerprint density at radius 1 is 1.16 bits per heavy atom. The zero-order chi connectivity index (χ0) is 18.7. The van der Waals surface area contributed by atoms with Crippen LogP contribution in [0, 0.1) is 11.8 Å². The van der Waals surface area contributed by atoms with Crippen molar-refractivity contribution in [3.8, 4) is 0 Å². The summed E-state index contributed by atoms with van der Waals surface area (Å²) in [6.07, 6.45) is 12.9. The molecule has 25 heavy (non-hydrogen) atoms. The number of unbranched alkanes of at least 4 members (excludes halogenated alkanes) is 5. The Bertz CT molecular complexity index is 403. The van der Waals surface area contributed by atoms with Gasteiger partial charge in [0.05, 0.1) is 11.7 Å². The molecule has 0 aromatic rings. The monoisotopic (exact) mass is 354 g/mol. The van der Waals surface area contributed by atoms with Crippen molar-refractivity contribution in [1.29, 1.82) is 0 Å². The molecule has 1 saturated carbocycles. The van der Waals surface area contributed by atoms with Gasteiger partial charge >= 0.3 is 0 Å². The number of carbonyl (C=O) groups excluding carboxylic acids is 1. The van der Waals surface area contributed by atoms with Gasteiger partial charge in [0, 0.05) is 24.9 Å². The van der Waals surface area contributed by atoms with Crippen molar-refractivity contribution in [2.45, 2.75) is 96.2 Å². The van der Waals surface area contributed by atoms with Crippen molar-refractivity contribution in [3.05, 3.63) is 12.2 Å². The van der Waals surface area contributed by atoms with Crippen LogP contribution in [0.5, 0.6) is 0 Å². The van der Waals surface area contributed by atoms with Crippen LogP contribution in [0.3, 0.4) is 0 Å². The van der Waals surface area contributed by atoms with E-state index in [4.69, 9.17) is 5.11 Å². The van der Waals surface area contributed by atoms with Crippen LogP contribution in [0.25, 0.3) is 0 Å². The molecule has 0 aromatic heterocycles. The Labute approximate surface area is 153 Å². The lowest BCUT2D eigenvalue weighted by Crippen LogP contribution is -2.23. The second-order valence-corrected chi connectivity index (χ2v) is 7.93. The molecule has 4 nitrogen and oxygen atoms in total. The van der Waals surface area contributed by atoms with Gasteiger partial charge in [0.25, 0.3) is 0 Å². The Balaban J connectivity index is 2.45. The standard InChI is InChI=1S/C21H38O4/c1-3-4-13-21(2,25)14-10-12-18-17(19(23)16-20(18)24)11-8-6-5-7-9-15-22/h10,12,17-18,20,22,24-25H,3-9,11,13-16H2,1-2H3/b12-10+/t17-,18-,20?,21?/m1/s1. The van der Waals surface area contributed by atoms with E-state index in [2.05, 4.69) is 6.92 Å². The Morgan fingerprint density at radius 3 is 2.52 bits per heavy atom. The molecule has 0 heterocycles. The normalized spacial score (nSPS) is 26.4. The number of carbonyl (C=O) groups is 1. The minimum Gasteiger partial charge on any atom is -0.396 e. The Kier molecular flexibility index (Phi) is 10.6. The van der Waals surface area contributed by atoms with Crippen molar-refractivity contribution >= 4 is 5.78 Å². The fourth-order valence-corrected chi connectivity index (χ4v) is 3.74. The van der Waals surface area contributed by atoms with Crippen LogP contribution in [0.15, 0.2) is 12.2 Å². The van der Waals surface area contributed by atoms with Crippen molar-refractivity contribution in [2.24, 2.45) is 11.8 Å². The number of aliphatic hydroxyl groups excluding tert-OH is 2. The molecule has 3 N–H and O–H groups in total. The quantitative estimate of drug-likeness (QED) is 0.347. The summed E-state index contributed by atoms with van der Waals surface area (Å²) in [6, 6.07) is 0. The van der Waals surface area contributed by atoms with Crippen LogP contribution in [0.1, 0.15) is 84.5 Å². The summed E-state index contributed by atoms with van der Waals surface area (Å²) in [5.41, 5.74) is -0.706. The van der Waals surface area contributed by atoms with Crippen molar-refractivity contribution < 1.29 is 20.1 Å². The summed E-state index contributed by atoms with van der Waals surface area (Å²) in [5, 5.41) is 29.3. The Hall–Kier alpha value is -0.710. The third-order valence-electron chi connectivity index (χ3n) is 5.39. The maximum Gasteiger partial charge on any atom is 0.139 e. The highest BCUT2D eigenvalue weighted by Crippen LogP contribution is 2.34. The predicted octanol–water partition coefficient (Wildman–Crippen LogP) is 3.77. The number of rotatable bonds is 13. The van der Waals surface area contributed by atoms with Crippen LogP contribution in [-0.2, 0) is 4.79 Å². The lowest BCUT2D eigenvalue weighted by atomic mass is 9.87. The number of aliphatic hydroxyl groups is 3. The maximum absolute atomic E-state index is 12.2. The molecule has 0 amide bonds. The highest BCUT2D eigenvalue weighted by atomic mass is 16.3. The molecule has 1 aliphatic rings. The van der Waals surface area contributed by atoms with Crippen molar-refractivity contribution in [1.82, 2.24) is 0 Å². The molecule has 0 saturated heterocycles. The molecule has 4 heteroatoms. The van der Waals surface area contributed by atoms with Crippen LogP contribution >= 0.6 is 0 Å². The minimum absolute atomic E-state index is 0.0790. The molecule has 2 unspecified atom stereocenters. The molecule has 0 radical (unpaired) electrons. The summed E-state index contributed by atoms with van der Waals surface area (Å²) in [6.45, 7) is 4.22. The van der Waals surface area contributed by atoms with Gasteiger partial charge < -0.3 is 15.3 Å². The van der Waals surface area contributed by atoms with Gasteiger partial charge in [0.1, 0.15) is 5.78 Å². The lowest BCUT2D eigenvalue weighted by Gasteiger charge is -2.22. The topological polar surface area (TPSA) is 77.8 Å². The van der Waals surface area contributed by atoms with E-state index in [9.17, 15) is 15.0 Å². The van der Waals surface area contributed by atoms with E-state index < -0.39 is 11.7 Å². The van der Waals surface area contributed by atoms with Crippen molar-refractivity contribution in [3.63, 3.8) is 0 Å². The number of hydrogen-bond acceptors (Lipinski definition) is 4. The highest BCUT2D eigenvalue weighted by molar-refractivity contribution is 5.84. The van der Waals surface area contributed by atoms with Gasteiger partial charge in [-0.1, -0.05) is 57.6 Å². The van der Waals surface area contributed by atoms with Crippen LogP contribution in [0.4, 0.5) is 0 Å². The number of ketones is 1. The molecule has 0 bridgehead atoms. The van der Waals surface area contributed by atoms with Crippen LogP contribution < -0.4 is 0 Å². The van der Waals surface area contributed by atoms with E-state index in [1.807, 2.05) is 19.1 Å². The highest BCUT2D eigenvalue weighted by Gasteiger charge is 2.39. The SMILES string of the molecule is CCCCC(C)(O)C/C=C/[C@H]1C(O)CC(=O)[C@@H]1CCCCCCCO. The van der Waals surface area contributed by atoms with Gasteiger partial charge in [-0.25, -0.2) is 0 Å². The second kappa shape index (κ2) is 11.8.